The number of nitrogens with zero attached hydrogens (tertiary/aromatic N) is 1. The second kappa shape index (κ2) is 9.68. The number of thioether (sulfide) groups is 1. The molecule has 2 N–H and O–H groups in total. The largest absolute Gasteiger partial charge is 0.343 e. The van der Waals surface area contributed by atoms with Gasteiger partial charge in [-0.1, -0.05) is 13.3 Å². The quantitative estimate of drug-likeness (QED) is 0.703. The van der Waals surface area contributed by atoms with Crippen LogP contribution in [0.25, 0.3) is 0 Å². The van der Waals surface area contributed by atoms with Crippen LogP contribution >= 0.6 is 11.8 Å². The minimum Gasteiger partial charge on any atom is -0.343 e. The summed E-state index contributed by atoms with van der Waals surface area (Å²) in [5.74, 6) is 1.50. The zero-order valence-electron chi connectivity index (χ0n) is 12.6. The van der Waals surface area contributed by atoms with Crippen molar-refractivity contribution < 1.29 is 4.79 Å². The second-order valence-corrected chi connectivity index (χ2v) is 6.37. The third kappa shape index (κ3) is 7.27. The summed E-state index contributed by atoms with van der Waals surface area (Å²) in [5.41, 5.74) is 5.72. The average Bonchev–Trinajstić information content (AvgIpc) is 2.33. The van der Waals surface area contributed by atoms with Crippen molar-refractivity contribution in [1.29, 1.82) is 0 Å². The lowest BCUT2D eigenvalue weighted by atomic mass is 10.00. The van der Waals surface area contributed by atoms with Gasteiger partial charge in [0.05, 0.1) is 0 Å². The number of carbonyl (C=O) groups excluding carboxylic acids is 1. The molecule has 0 saturated heterocycles. The van der Waals surface area contributed by atoms with E-state index in [0.717, 1.165) is 31.4 Å². The van der Waals surface area contributed by atoms with E-state index in [1.807, 2.05) is 37.6 Å². The van der Waals surface area contributed by atoms with Crippen LogP contribution in [0.3, 0.4) is 0 Å². The minimum atomic E-state index is 0.116. The van der Waals surface area contributed by atoms with Crippen molar-refractivity contribution >= 4 is 17.7 Å². The maximum Gasteiger partial charge on any atom is 0.225 e. The van der Waals surface area contributed by atoms with Crippen molar-refractivity contribution in [2.75, 3.05) is 19.1 Å². The molecule has 108 valence electrons. The van der Waals surface area contributed by atoms with Gasteiger partial charge in [0.25, 0.3) is 0 Å². The van der Waals surface area contributed by atoms with Gasteiger partial charge in [-0.25, -0.2) is 0 Å². The van der Waals surface area contributed by atoms with Crippen molar-refractivity contribution in [3.8, 4) is 0 Å². The van der Waals surface area contributed by atoms with Gasteiger partial charge in [0.2, 0.25) is 5.91 Å². The summed E-state index contributed by atoms with van der Waals surface area (Å²) in [7, 11) is 1.93. The molecule has 3 atom stereocenters. The lowest BCUT2D eigenvalue weighted by molar-refractivity contribution is -0.135. The number of hydrogen-bond acceptors (Lipinski definition) is 3. The second-order valence-electron chi connectivity index (χ2n) is 5.39. The van der Waals surface area contributed by atoms with E-state index in [9.17, 15) is 4.79 Å². The Morgan fingerprint density at radius 1 is 1.22 bits per heavy atom. The predicted molar refractivity (Wildman–Crippen MR) is 81.9 cm³/mol. The first-order valence-electron chi connectivity index (χ1n) is 6.91. The van der Waals surface area contributed by atoms with Crippen LogP contribution in [-0.4, -0.2) is 41.9 Å². The Morgan fingerprint density at radius 2 is 1.83 bits per heavy atom. The van der Waals surface area contributed by atoms with Gasteiger partial charge in [0.1, 0.15) is 0 Å². The Labute approximate surface area is 117 Å². The fraction of sp³-hybridized carbons (Fsp3) is 0.929. The Bertz CT molecular complexity index is 234. The molecule has 0 saturated carbocycles. The standard InChI is InChI=1S/C14H30N2OS/c1-11(7-6-8-12(2)15)14(17)16(4)13(3)9-10-18-5/h11-13H,6-10,15H2,1-5H3. The zero-order valence-corrected chi connectivity index (χ0v) is 13.4. The molecule has 0 aromatic carbocycles. The van der Waals surface area contributed by atoms with Gasteiger partial charge in [-0.15, -0.1) is 0 Å². The topological polar surface area (TPSA) is 46.3 Å². The van der Waals surface area contributed by atoms with Crippen LogP contribution < -0.4 is 5.73 Å². The Morgan fingerprint density at radius 3 is 2.33 bits per heavy atom. The first-order chi connectivity index (χ1) is 8.40. The summed E-state index contributed by atoms with van der Waals surface area (Å²) in [6.07, 6.45) is 6.15. The maximum atomic E-state index is 12.2. The van der Waals surface area contributed by atoms with Gasteiger partial charge in [-0.3, -0.25) is 4.79 Å². The highest BCUT2D eigenvalue weighted by molar-refractivity contribution is 7.98. The average molecular weight is 274 g/mol. The SMILES string of the molecule is CSCCC(C)N(C)C(=O)C(C)CCCC(C)N. The molecule has 0 aliphatic carbocycles. The molecule has 0 aliphatic heterocycles. The van der Waals surface area contributed by atoms with E-state index in [0.29, 0.717) is 6.04 Å². The van der Waals surface area contributed by atoms with Crippen molar-refractivity contribution in [2.24, 2.45) is 11.7 Å². The fourth-order valence-electron chi connectivity index (χ4n) is 1.92. The van der Waals surface area contributed by atoms with E-state index >= 15 is 0 Å². The van der Waals surface area contributed by atoms with Crippen molar-refractivity contribution in [1.82, 2.24) is 4.90 Å². The highest BCUT2D eigenvalue weighted by atomic mass is 32.2. The van der Waals surface area contributed by atoms with Gasteiger partial charge in [0.15, 0.2) is 0 Å². The predicted octanol–water partition coefficient (Wildman–Crippen LogP) is 2.74. The molecular formula is C14H30N2OS. The molecule has 0 aromatic rings. The molecule has 0 aliphatic rings. The van der Waals surface area contributed by atoms with E-state index in [4.69, 9.17) is 5.73 Å². The molecule has 3 unspecified atom stereocenters. The third-order valence-corrected chi connectivity index (χ3v) is 4.11. The van der Waals surface area contributed by atoms with Crippen LogP contribution in [0.5, 0.6) is 0 Å². The van der Waals surface area contributed by atoms with Crippen molar-refractivity contribution in [3.05, 3.63) is 0 Å². The highest BCUT2D eigenvalue weighted by Crippen LogP contribution is 2.15. The fourth-order valence-corrected chi connectivity index (χ4v) is 2.49. The molecule has 0 fully saturated rings. The summed E-state index contributed by atoms with van der Waals surface area (Å²) in [6.45, 7) is 6.17. The number of amides is 1. The molecule has 0 bridgehead atoms. The van der Waals surface area contributed by atoms with Gasteiger partial charge in [-0.2, -0.15) is 11.8 Å². The molecular weight excluding hydrogens is 244 g/mol. The lowest BCUT2D eigenvalue weighted by Gasteiger charge is -2.27. The van der Waals surface area contributed by atoms with Crippen LogP contribution in [0.15, 0.2) is 0 Å². The molecule has 0 spiro atoms. The molecule has 1 amide bonds. The minimum absolute atomic E-state index is 0.116. The van der Waals surface area contributed by atoms with E-state index in [2.05, 4.69) is 13.2 Å². The number of rotatable bonds is 9. The molecule has 0 radical (unpaired) electrons. The summed E-state index contributed by atoms with van der Waals surface area (Å²) in [5, 5.41) is 0. The smallest absolute Gasteiger partial charge is 0.225 e. The van der Waals surface area contributed by atoms with Gasteiger partial charge in [-0.05, 0) is 45.1 Å². The summed E-state index contributed by atoms with van der Waals surface area (Å²) in [6, 6.07) is 0.575. The van der Waals surface area contributed by atoms with Gasteiger partial charge in [0, 0.05) is 25.0 Å². The third-order valence-electron chi connectivity index (χ3n) is 3.47. The zero-order chi connectivity index (χ0) is 14.1. The number of hydrogen-bond donors (Lipinski definition) is 1. The lowest BCUT2D eigenvalue weighted by Crippen LogP contribution is -2.38. The van der Waals surface area contributed by atoms with Crippen LogP contribution in [0.4, 0.5) is 0 Å². The molecule has 18 heavy (non-hydrogen) atoms. The van der Waals surface area contributed by atoms with Gasteiger partial charge < -0.3 is 10.6 Å². The first kappa shape index (κ1) is 17.8. The monoisotopic (exact) mass is 274 g/mol. The van der Waals surface area contributed by atoms with Crippen molar-refractivity contribution in [3.63, 3.8) is 0 Å². The van der Waals surface area contributed by atoms with Crippen LogP contribution in [-0.2, 0) is 4.79 Å². The number of carbonyl (C=O) groups is 1. The molecule has 0 rings (SSSR count). The Balaban J connectivity index is 4.03. The summed E-state index contributed by atoms with van der Waals surface area (Å²) < 4.78 is 0. The van der Waals surface area contributed by atoms with Crippen molar-refractivity contribution in [2.45, 2.75) is 58.5 Å². The van der Waals surface area contributed by atoms with Crippen LogP contribution in [0.1, 0.15) is 46.5 Å². The normalized spacial score (nSPS) is 16.1. The molecule has 0 heterocycles. The highest BCUT2D eigenvalue weighted by Gasteiger charge is 2.20. The van der Waals surface area contributed by atoms with E-state index < -0.39 is 0 Å². The van der Waals surface area contributed by atoms with E-state index in [-0.39, 0.29) is 17.9 Å². The summed E-state index contributed by atoms with van der Waals surface area (Å²) >= 11 is 1.83. The molecule has 0 aromatic heterocycles. The van der Waals surface area contributed by atoms with E-state index in [1.54, 1.807) is 0 Å². The van der Waals surface area contributed by atoms with Crippen LogP contribution in [0, 0.1) is 5.92 Å². The molecule has 4 heteroatoms. The molecule has 3 nitrogen and oxygen atoms in total. The first-order valence-corrected chi connectivity index (χ1v) is 8.30. The summed E-state index contributed by atoms with van der Waals surface area (Å²) in [4.78, 5) is 14.1. The van der Waals surface area contributed by atoms with Gasteiger partial charge >= 0.3 is 0 Å². The Hall–Kier alpha value is -0.220. The maximum absolute atomic E-state index is 12.2. The number of nitrogens with two attached hydrogens (primary N) is 1. The van der Waals surface area contributed by atoms with E-state index in [1.165, 1.54) is 0 Å². The van der Waals surface area contributed by atoms with Crippen LogP contribution in [0.2, 0.25) is 0 Å². The Kier molecular flexibility index (Phi) is 9.56.